The fourth-order valence-corrected chi connectivity index (χ4v) is 4.51. The number of carboxylic acids is 1. The number of esters is 1. The predicted octanol–water partition coefficient (Wildman–Crippen LogP) is 4.03. The van der Waals surface area contributed by atoms with E-state index >= 15 is 0 Å². The first-order valence-corrected chi connectivity index (χ1v) is 9.04. The van der Waals surface area contributed by atoms with Crippen LogP contribution in [-0.2, 0) is 14.3 Å². The third-order valence-electron chi connectivity index (χ3n) is 5.55. The number of aliphatic carboxylic acids is 1. The van der Waals surface area contributed by atoms with Gasteiger partial charge in [-0.1, -0.05) is 38.5 Å². The van der Waals surface area contributed by atoms with Crippen molar-refractivity contribution < 1.29 is 19.4 Å². The van der Waals surface area contributed by atoms with Gasteiger partial charge in [-0.3, -0.25) is 9.59 Å². The Morgan fingerprint density at radius 2 is 1.36 bits per heavy atom. The normalized spacial score (nSPS) is 23.7. The lowest BCUT2D eigenvalue weighted by Gasteiger charge is -2.37. The second-order valence-electron chi connectivity index (χ2n) is 6.94. The first kappa shape index (κ1) is 17.3. The topological polar surface area (TPSA) is 63.6 Å². The highest BCUT2D eigenvalue weighted by molar-refractivity contribution is 5.81. The summed E-state index contributed by atoms with van der Waals surface area (Å²) in [7, 11) is 0. The van der Waals surface area contributed by atoms with E-state index in [1.54, 1.807) is 6.92 Å². The zero-order valence-electron chi connectivity index (χ0n) is 13.8. The zero-order valence-corrected chi connectivity index (χ0v) is 13.8. The van der Waals surface area contributed by atoms with Gasteiger partial charge in [0.15, 0.2) is 0 Å². The summed E-state index contributed by atoms with van der Waals surface area (Å²) in [5, 5.41) is 9.84. The molecule has 0 aromatic heterocycles. The third-order valence-corrected chi connectivity index (χ3v) is 5.55. The molecule has 22 heavy (non-hydrogen) atoms. The van der Waals surface area contributed by atoms with E-state index in [-0.39, 0.29) is 17.8 Å². The van der Waals surface area contributed by atoms with E-state index in [1.807, 2.05) is 0 Å². The molecule has 2 saturated carbocycles. The van der Waals surface area contributed by atoms with Crippen LogP contribution in [0.4, 0.5) is 0 Å². The lowest BCUT2D eigenvalue weighted by atomic mass is 9.67. The van der Waals surface area contributed by atoms with Crippen LogP contribution in [0.2, 0.25) is 0 Å². The molecule has 0 unspecified atom stereocenters. The molecule has 126 valence electrons. The third kappa shape index (κ3) is 4.23. The number of carbonyl (C=O) groups excluding carboxylic acids is 1. The summed E-state index contributed by atoms with van der Waals surface area (Å²) >= 11 is 0. The van der Waals surface area contributed by atoms with Crippen molar-refractivity contribution in [2.24, 2.45) is 23.7 Å². The summed E-state index contributed by atoms with van der Waals surface area (Å²) in [4.78, 5) is 24.5. The number of carboxylic acid groups (broad SMARTS) is 1. The van der Waals surface area contributed by atoms with Gasteiger partial charge in [0.1, 0.15) is 0 Å². The molecule has 2 fully saturated rings. The van der Waals surface area contributed by atoms with Crippen LogP contribution in [0, 0.1) is 23.7 Å². The summed E-state index contributed by atoms with van der Waals surface area (Å²) in [5.74, 6) is -1.73. The molecule has 0 aromatic carbocycles. The molecule has 4 heteroatoms. The Balaban J connectivity index is 2.21. The number of hydrogen-bond donors (Lipinski definition) is 1. The van der Waals surface area contributed by atoms with Gasteiger partial charge in [0, 0.05) is 0 Å². The van der Waals surface area contributed by atoms with Gasteiger partial charge in [-0.05, 0) is 44.4 Å². The lowest BCUT2D eigenvalue weighted by molar-refractivity contribution is -0.163. The largest absolute Gasteiger partial charge is 0.481 e. The summed E-state index contributed by atoms with van der Waals surface area (Å²) in [6, 6.07) is 0. The predicted molar refractivity (Wildman–Crippen MR) is 84.4 cm³/mol. The zero-order chi connectivity index (χ0) is 15.9. The minimum Gasteiger partial charge on any atom is -0.481 e. The first-order valence-electron chi connectivity index (χ1n) is 9.04. The Hall–Kier alpha value is -1.06. The average molecular weight is 310 g/mol. The van der Waals surface area contributed by atoms with Crippen LogP contribution in [0.15, 0.2) is 0 Å². The summed E-state index contributed by atoms with van der Waals surface area (Å²) in [6.07, 6.45) is 10.6. The van der Waals surface area contributed by atoms with E-state index in [0.717, 1.165) is 51.4 Å². The number of ether oxygens (including phenoxy) is 1. The maximum absolute atomic E-state index is 12.5. The van der Waals surface area contributed by atoms with Gasteiger partial charge in [-0.15, -0.1) is 0 Å². The van der Waals surface area contributed by atoms with Gasteiger partial charge in [0.2, 0.25) is 0 Å². The Morgan fingerprint density at radius 1 is 0.909 bits per heavy atom. The molecule has 0 saturated heterocycles. The highest BCUT2D eigenvalue weighted by Gasteiger charge is 2.44. The monoisotopic (exact) mass is 310 g/mol. The molecule has 0 radical (unpaired) electrons. The van der Waals surface area contributed by atoms with Crippen molar-refractivity contribution in [2.45, 2.75) is 71.1 Å². The average Bonchev–Trinajstić information content (AvgIpc) is 2.54. The van der Waals surface area contributed by atoms with Crippen molar-refractivity contribution in [3.05, 3.63) is 0 Å². The second kappa shape index (κ2) is 8.54. The van der Waals surface area contributed by atoms with Crippen LogP contribution in [0.5, 0.6) is 0 Å². The highest BCUT2D eigenvalue weighted by atomic mass is 16.5. The molecule has 0 bridgehead atoms. The van der Waals surface area contributed by atoms with E-state index in [1.165, 1.54) is 12.8 Å². The van der Waals surface area contributed by atoms with Crippen molar-refractivity contribution in [3.63, 3.8) is 0 Å². The quantitative estimate of drug-likeness (QED) is 0.752. The fourth-order valence-electron chi connectivity index (χ4n) is 4.51. The Labute approximate surface area is 133 Å². The molecule has 2 aliphatic rings. The van der Waals surface area contributed by atoms with Crippen molar-refractivity contribution in [1.29, 1.82) is 0 Å². The van der Waals surface area contributed by atoms with Crippen LogP contribution in [0.1, 0.15) is 71.1 Å². The minimum atomic E-state index is -0.796. The molecule has 4 nitrogen and oxygen atoms in total. The SMILES string of the molecule is CCOC(=O)[C@H](C1CCCCC1)[C@@H](C(=O)O)C1CCCCC1. The molecule has 2 rings (SSSR count). The second-order valence-corrected chi connectivity index (χ2v) is 6.94. The molecular weight excluding hydrogens is 280 g/mol. The van der Waals surface area contributed by atoms with Crippen molar-refractivity contribution in [1.82, 2.24) is 0 Å². The Morgan fingerprint density at radius 3 is 1.77 bits per heavy atom. The summed E-state index contributed by atoms with van der Waals surface area (Å²) < 4.78 is 5.28. The fraction of sp³-hybridized carbons (Fsp3) is 0.889. The number of rotatable bonds is 6. The van der Waals surface area contributed by atoms with Gasteiger partial charge in [0.05, 0.1) is 18.4 Å². The van der Waals surface area contributed by atoms with Crippen molar-refractivity contribution in [2.75, 3.05) is 6.61 Å². The summed E-state index contributed by atoms with van der Waals surface area (Å²) in [5.41, 5.74) is 0. The molecular formula is C18H30O4. The maximum Gasteiger partial charge on any atom is 0.310 e. The van der Waals surface area contributed by atoms with E-state index in [9.17, 15) is 14.7 Å². The van der Waals surface area contributed by atoms with Gasteiger partial charge < -0.3 is 9.84 Å². The molecule has 0 heterocycles. The van der Waals surface area contributed by atoms with Crippen LogP contribution < -0.4 is 0 Å². The molecule has 2 aliphatic carbocycles. The highest BCUT2D eigenvalue weighted by Crippen LogP contribution is 2.42. The van der Waals surface area contributed by atoms with Gasteiger partial charge in [-0.25, -0.2) is 0 Å². The van der Waals surface area contributed by atoms with E-state index in [0.29, 0.717) is 6.61 Å². The van der Waals surface area contributed by atoms with E-state index in [4.69, 9.17) is 4.74 Å². The van der Waals surface area contributed by atoms with Gasteiger partial charge in [0.25, 0.3) is 0 Å². The van der Waals surface area contributed by atoms with Crippen LogP contribution in [0.3, 0.4) is 0 Å². The van der Waals surface area contributed by atoms with Crippen LogP contribution >= 0.6 is 0 Å². The smallest absolute Gasteiger partial charge is 0.310 e. The van der Waals surface area contributed by atoms with Gasteiger partial charge >= 0.3 is 11.9 Å². The van der Waals surface area contributed by atoms with Crippen molar-refractivity contribution >= 4 is 11.9 Å². The van der Waals surface area contributed by atoms with Crippen LogP contribution in [-0.4, -0.2) is 23.7 Å². The van der Waals surface area contributed by atoms with Crippen LogP contribution in [0.25, 0.3) is 0 Å². The lowest BCUT2D eigenvalue weighted by Crippen LogP contribution is -2.42. The maximum atomic E-state index is 12.5. The number of hydrogen-bond acceptors (Lipinski definition) is 3. The Bertz CT molecular complexity index is 367. The molecule has 2 atom stereocenters. The van der Waals surface area contributed by atoms with E-state index < -0.39 is 17.8 Å². The molecule has 0 amide bonds. The molecule has 1 N–H and O–H groups in total. The standard InChI is InChI=1S/C18H30O4/c1-2-22-18(21)16(14-11-7-4-8-12-14)15(17(19)20)13-9-5-3-6-10-13/h13-16H,2-12H2,1H3,(H,19,20)/t15-,16+/m0/s1. The van der Waals surface area contributed by atoms with Crippen molar-refractivity contribution in [3.8, 4) is 0 Å². The van der Waals surface area contributed by atoms with E-state index in [2.05, 4.69) is 0 Å². The molecule has 0 aromatic rings. The number of carbonyl (C=O) groups is 2. The molecule has 0 spiro atoms. The molecule has 0 aliphatic heterocycles. The summed E-state index contributed by atoms with van der Waals surface area (Å²) in [6.45, 7) is 2.13. The first-order chi connectivity index (χ1) is 10.6. The van der Waals surface area contributed by atoms with Gasteiger partial charge in [-0.2, -0.15) is 0 Å². The Kier molecular flexibility index (Phi) is 6.71. The minimum absolute atomic E-state index is 0.141.